The van der Waals surface area contributed by atoms with Crippen LogP contribution in [0, 0.1) is 0 Å². The van der Waals surface area contributed by atoms with Crippen molar-refractivity contribution in [2.45, 2.75) is 66.7 Å². The summed E-state index contributed by atoms with van der Waals surface area (Å²) in [6.45, 7) is 13.3. The van der Waals surface area contributed by atoms with Crippen molar-refractivity contribution in [3.8, 4) is 0 Å². The maximum Gasteiger partial charge on any atom is 0.403 e. The quantitative estimate of drug-likeness (QED) is 0.100. The number of azo groups is 2. The van der Waals surface area contributed by atoms with Gasteiger partial charge in [-0.15, -0.1) is 9.36 Å². The number of rotatable bonds is 15. The summed E-state index contributed by atoms with van der Waals surface area (Å²) in [7, 11) is 4.26. The highest BCUT2D eigenvalue weighted by atomic mass is 15.4. The molecule has 2 heterocycles. The van der Waals surface area contributed by atoms with Gasteiger partial charge in [0.15, 0.2) is 0 Å². The minimum Gasteiger partial charge on any atom is -0.375 e. The summed E-state index contributed by atoms with van der Waals surface area (Å²) >= 11 is 0. The summed E-state index contributed by atoms with van der Waals surface area (Å²) in [6.07, 6.45) is 5.78. The molecule has 0 amide bonds. The molecule has 0 radical (unpaired) electrons. The fourth-order valence-electron chi connectivity index (χ4n) is 4.57. The van der Waals surface area contributed by atoms with Crippen molar-refractivity contribution in [2.24, 2.45) is 20.5 Å². The minimum absolute atomic E-state index is 0.757. The molecule has 2 aromatic carbocycles. The third-order valence-corrected chi connectivity index (χ3v) is 7.24. The summed E-state index contributed by atoms with van der Waals surface area (Å²) in [4.78, 5) is 4.56. The van der Waals surface area contributed by atoms with Gasteiger partial charge in [-0.2, -0.15) is 0 Å². The van der Waals surface area contributed by atoms with Crippen molar-refractivity contribution in [2.75, 3.05) is 37.0 Å². The van der Waals surface area contributed by atoms with E-state index >= 15 is 0 Å². The second-order valence-corrected chi connectivity index (χ2v) is 10.0. The van der Waals surface area contributed by atoms with Crippen LogP contribution in [0.2, 0.25) is 0 Å². The van der Waals surface area contributed by atoms with E-state index in [4.69, 9.17) is 0 Å². The van der Waals surface area contributed by atoms with Gasteiger partial charge in [-0.3, -0.25) is 0 Å². The molecule has 0 unspecified atom stereocenters. The fourth-order valence-corrected chi connectivity index (χ4v) is 4.57. The Labute approximate surface area is 248 Å². The third-order valence-electron chi connectivity index (χ3n) is 7.24. The zero-order valence-corrected chi connectivity index (χ0v) is 25.8. The van der Waals surface area contributed by atoms with Gasteiger partial charge in [-0.05, 0) is 99.3 Å². The highest BCUT2D eigenvalue weighted by molar-refractivity contribution is 5.53. The van der Waals surface area contributed by atoms with E-state index < -0.39 is 0 Å². The number of hydrogen-bond donors (Lipinski definition) is 0. The third kappa shape index (κ3) is 7.62. The molecule has 0 aliphatic heterocycles. The zero-order chi connectivity index (χ0) is 29.9. The van der Waals surface area contributed by atoms with Gasteiger partial charge in [0, 0.05) is 48.8 Å². The molecule has 222 valence electrons. The highest BCUT2D eigenvalue weighted by Gasteiger charge is 2.16. The predicted molar refractivity (Wildman–Crippen MR) is 165 cm³/mol. The average molecular weight is 573 g/mol. The molecule has 0 saturated carbocycles. The first-order valence-electron chi connectivity index (χ1n) is 14.8. The first kappa shape index (κ1) is 30.5. The lowest BCUT2D eigenvalue weighted by Crippen LogP contribution is -2.30. The molecule has 4 rings (SSSR count). The van der Waals surface area contributed by atoms with Crippen molar-refractivity contribution >= 4 is 34.6 Å². The zero-order valence-electron chi connectivity index (χ0n) is 25.8. The highest BCUT2D eigenvalue weighted by Crippen LogP contribution is 2.23. The van der Waals surface area contributed by atoms with Gasteiger partial charge in [0.05, 0.1) is 37.6 Å². The number of nitrogens with zero attached hydrogens (tertiary/aromatic N) is 12. The smallest absolute Gasteiger partial charge is 0.375 e. The second-order valence-electron chi connectivity index (χ2n) is 10.0. The Morgan fingerprint density at radius 3 is 1.31 bits per heavy atom. The largest absolute Gasteiger partial charge is 0.403 e. The lowest BCUT2D eigenvalue weighted by atomic mass is 10.2. The molecule has 4 aromatic rings. The predicted octanol–water partition coefficient (Wildman–Crippen LogP) is 5.92. The van der Waals surface area contributed by atoms with E-state index in [1.165, 1.54) is 11.4 Å². The SMILES string of the molecule is CCn1nc[n+](CC)c1N=Nc1ccc(N(C)CCCCN(C)c2ccc(N=Nc3n(CC)nc[n+]3CC)cc2)cc1. The van der Waals surface area contributed by atoms with Crippen molar-refractivity contribution < 1.29 is 9.13 Å². The van der Waals surface area contributed by atoms with E-state index in [-0.39, 0.29) is 0 Å². The summed E-state index contributed by atoms with van der Waals surface area (Å²) in [5.74, 6) is 1.52. The van der Waals surface area contributed by atoms with Gasteiger partial charge >= 0.3 is 11.9 Å². The summed E-state index contributed by atoms with van der Waals surface area (Å²) < 4.78 is 7.67. The van der Waals surface area contributed by atoms with Gasteiger partial charge in [0.25, 0.3) is 0 Å². The van der Waals surface area contributed by atoms with E-state index in [9.17, 15) is 0 Å². The first-order chi connectivity index (χ1) is 20.5. The standard InChI is InChI=1S/C30H44N12/c1-7-39-23-31-41(9-3)29(39)35-33-25-13-17-27(18-14-25)37(5)21-11-12-22-38(6)28-19-15-26(16-20-28)34-36-30-40(8-2)24-32-42(30)10-4/h13-20,23-24H,7-12,21-22H2,1-6H3/q+2. The molecule has 0 fully saturated rings. The van der Waals surface area contributed by atoms with Crippen LogP contribution in [0.1, 0.15) is 40.5 Å². The molecule has 0 bridgehead atoms. The molecule has 42 heavy (non-hydrogen) atoms. The molecule has 0 aliphatic carbocycles. The van der Waals surface area contributed by atoms with Crippen molar-refractivity contribution in [1.29, 1.82) is 0 Å². The Bertz CT molecular complexity index is 1300. The van der Waals surface area contributed by atoms with Crippen LogP contribution < -0.4 is 18.9 Å². The molecule has 0 atom stereocenters. The van der Waals surface area contributed by atoms with Gasteiger partial charge in [-0.1, -0.05) is 10.2 Å². The van der Waals surface area contributed by atoms with Gasteiger partial charge in [0.2, 0.25) is 12.7 Å². The number of aryl methyl sites for hydroxylation is 4. The molecule has 12 nitrogen and oxygen atoms in total. The average Bonchev–Trinajstić information content (AvgIpc) is 3.63. The number of anilines is 2. The summed E-state index contributed by atoms with van der Waals surface area (Å²) in [5.41, 5.74) is 3.98. The van der Waals surface area contributed by atoms with Crippen molar-refractivity contribution in [1.82, 2.24) is 19.6 Å². The first-order valence-corrected chi connectivity index (χ1v) is 14.8. The van der Waals surface area contributed by atoms with Gasteiger partial charge < -0.3 is 9.80 Å². The van der Waals surface area contributed by atoms with E-state index in [0.29, 0.717) is 0 Å². The number of hydrogen-bond acceptors (Lipinski definition) is 8. The minimum atomic E-state index is 0.757. The van der Waals surface area contributed by atoms with Crippen LogP contribution in [0.25, 0.3) is 0 Å². The summed E-state index contributed by atoms with van der Waals surface area (Å²) in [5, 5.41) is 26.5. The maximum absolute atomic E-state index is 4.45. The van der Waals surface area contributed by atoms with Crippen LogP contribution in [0.5, 0.6) is 0 Å². The molecular weight excluding hydrogens is 528 g/mol. The molecule has 2 aromatic heterocycles. The topological polar surface area (TPSA) is 99.3 Å². The number of unbranched alkanes of at least 4 members (excludes halogenated alkanes) is 1. The van der Waals surface area contributed by atoms with E-state index in [1.807, 2.05) is 56.6 Å². The maximum atomic E-state index is 4.45. The number of aromatic nitrogens is 6. The van der Waals surface area contributed by atoms with Gasteiger partial charge in [0.1, 0.15) is 0 Å². The molecule has 0 N–H and O–H groups in total. The second kappa shape index (κ2) is 14.9. The Morgan fingerprint density at radius 2 is 0.976 bits per heavy atom. The van der Waals surface area contributed by atoms with Crippen LogP contribution in [-0.4, -0.2) is 46.7 Å². The normalized spacial score (nSPS) is 11.7. The van der Waals surface area contributed by atoms with Crippen molar-refractivity contribution in [3.63, 3.8) is 0 Å². The summed E-state index contributed by atoms with van der Waals surface area (Å²) in [6, 6.07) is 16.4. The van der Waals surface area contributed by atoms with Crippen LogP contribution in [-0.2, 0) is 26.2 Å². The molecular formula is C30H44N12+2. The van der Waals surface area contributed by atoms with Crippen molar-refractivity contribution in [3.05, 3.63) is 61.2 Å². The van der Waals surface area contributed by atoms with Crippen LogP contribution in [0.15, 0.2) is 81.6 Å². The van der Waals surface area contributed by atoms with Gasteiger partial charge in [-0.25, -0.2) is 9.13 Å². The van der Waals surface area contributed by atoms with E-state index in [2.05, 4.69) is 92.7 Å². The molecule has 0 spiro atoms. The Balaban J connectivity index is 1.22. The van der Waals surface area contributed by atoms with Crippen LogP contribution >= 0.6 is 0 Å². The molecule has 0 aliphatic rings. The van der Waals surface area contributed by atoms with Crippen LogP contribution in [0.3, 0.4) is 0 Å². The molecule has 0 saturated heterocycles. The lowest BCUT2D eigenvalue weighted by molar-refractivity contribution is -0.681. The Hall–Kier alpha value is -4.48. The fraction of sp³-hybridized carbons (Fsp3) is 0.467. The number of benzene rings is 2. The Kier molecular flexibility index (Phi) is 10.8. The van der Waals surface area contributed by atoms with Crippen LogP contribution in [0.4, 0.5) is 34.6 Å². The van der Waals surface area contributed by atoms with E-state index in [0.717, 1.165) is 75.4 Å². The monoisotopic (exact) mass is 572 g/mol. The van der Waals surface area contributed by atoms with E-state index in [1.54, 1.807) is 12.7 Å². The lowest BCUT2D eigenvalue weighted by Gasteiger charge is -2.22. The molecule has 12 heteroatoms. The Morgan fingerprint density at radius 1 is 0.595 bits per heavy atom.